The number of ether oxygens (including phenoxy) is 1. The molecule has 3 nitrogen and oxygen atoms in total. The normalized spacial score (nSPS) is 15.1. The van der Waals surface area contributed by atoms with Crippen molar-refractivity contribution in [1.82, 2.24) is 0 Å². The standard InChI is InChI=1S/C16H21NO2/c1-4-19-16(18)10-12(2)13-7-8-15-14(11-13)6-5-9-17(15)3/h7-8,10-11H,4-6,9H2,1-3H3/b12-10+. The Kier molecular flexibility index (Phi) is 4.25. The van der Waals surface area contributed by atoms with Crippen LogP contribution in [0.1, 0.15) is 31.4 Å². The molecule has 1 aromatic rings. The van der Waals surface area contributed by atoms with Gasteiger partial charge in [-0.3, -0.25) is 0 Å². The van der Waals surface area contributed by atoms with Gasteiger partial charge in [0, 0.05) is 25.4 Å². The van der Waals surface area contributed by atoms with Crippen LogP contribution in [0, 0.1) is 0 Å². The van der Waals surface area contributed by atoms with E-state index in [-0.39, 0.29) is 5.97 Å². The van der Waals surface area contributed by atoms with Gasteiger partial charge in [0.15, 0.2) is 0 Å². The lowest BCUT2D eigenvalue weighted by Crippen LogP contribution is -2.24. The Balaban J connectivity index is 2.24. The summed E-state index contributed by atoms with van der Waals surface area (Å²) in [6.45, 7) is 5.29. The smallest absolute Gasteiger partial charge is 0.331 e. The number of benzene rings is 1. The van der Waals surface area contributed by atoms with Crippen LogP contribution in [0.4, 0.5) is 5.69 Å². The summed E-state index contributed by atoms with van der Waals surface area (Å²) in [7, 11) is 2.12. The third kappa shape index (κ3) is 3.16. The first-order valence-corrected chi connectivity index (χ1v) is 6.81. The van der Waals surface area contributed by atoms with Crippen molar-refractivity contribution in [3.05, 3.63) is 35.4 Å². The third-order valence-corrected chi connectivity index (χ3v) is 3.51. The number of nitrogens with zero attached hydrogens (tertiary/aromatic N) is 1. The zero-order valence-electron chi connectivity index (χ0n) is 11.9. The Labute approximate surface area is 114 Å². The number of hydrogen-bond acceptors (Lipinski definition) is 3. The molecule has 0 unspecified atom stereocenters. The summed E-state index contributed by atoms with van der Waals surface area (Å²) in [5.41, 5.74) is 4.72. The largest absolute Gasteiger partial charge is 0.463 e. The van der Waals surface area contributed by atoms with E-state index in [9.17, 15) is 4.79 Å². The molecule has 102 valence electrons. The molecule has 0 spiro atoms. The van der Waals surface area contributed by atoms with Gasteiger partial charge < -0.3 is 9.64 Å². The summed E-state index contributed by atoms with van der Waals surface area (Å²) in [4.78, 5) is 13.7. The average Bonchev–Trinajstić information content (AvgIpc) is 2.38. The van der Waals surface area contributed by atoms with Crippen molar-refractivity contribution in [1.29, 1.82) is 0 Å². The van der Waals surface area contributed by atoms with Crippen LogP contribution >= 0.6 is 0 Å². The molecule has 0 atom stereocenters. The van der Waals surface area contributed by atoms with E-state index >= 15 is 0 Å². The molecule has 0 saturated heterocycles. The minimum Gasteiger partial charge on any atom is -0.463 e. The number of rotatable bonds is 3. The SMILES string of the molecule is CCOC(=O)/C=C(\C)c1ccc2c(c1)CCCN2C. The molecule has 0 bridgehead atoms. The molecular formula is C16H21NO2. The van der Waals surface area contributed by atoms with Crippen molar-refractivity contribution in [2.45, 2.75) is 26.7 Å². The van der Waals surface area contributed by atoms with Crippen molar-refractivity contribution in [2.75, 3.05) is 25.1 Å². The van der Waals surface area contributed by atoms with Crippen molar-refractivity contribution >= 4 is 17.2 Å². The highest BCUT2D eigenvalue weighted by Gasteiger charge is 2.14. The number of carbonyl (C=O) groups excluding carboxylic acids is 1. The maximum Gasteiger partial charge on any atom is 0.331 e. The van der Waals surface area contributed by atoms with Gasteiger partial charge in [0.25, 0.3) is 0 Å². The summed E-state index contributed by atoms with van der Waals surface area (Å²) in [5, 5.41) is 0. The van der Waals surface area contributed by atoms with E-state index in [1.54, 1.807) is 6.08 Å². The Morgan fingerprint density at radius 1 is 1.47 bits per heavy atom. The number of esters is 1. The van der Waals surface area contributed by atoms with Gasteiger partial charge in [0.2, 0.25) is 0 Å². The highest BCUT2D eigenvalue weighted by atomic mass is 16.5. The molecule has 0 fully saturated rings. The van der Waals surface area contributed by atoms with Crippen LogP contribution in [0.25, 0.3) is 5.57 Å². The Morgan fingerprint density at radius 2 is 2.26 bits per heavy atom. The van der Waals surface area contributed by atoms with Gasteiger partial charge in [-0.2, -0.15) is 0 Å². The van der Waals surface area contributed by atoms with Crippen LogP contribution in [-0.4, -0.2) is 26.2 Å². The van der Waals surface area contributed by atoms with Crippen LogP contribution in [-0.2, 0) is 16.0 Å². The Hall–Kier alpha value is -1.77. The highest BCUT2D eigenvalue weighted by Crippen LogP contribution is 2.28. The second-order valence-corrected chi connectivity index (χ2v) is 4.95. The first-order chi connectivity index (χ1) is 9.11. The molecule has 19 heavy (non-hydrogen) atoms. The van der Waals surface area contributed by atoms with E-state index in [0.717, 1.165) is 24.1 Å². The quantitative estimate of drug-likeness (QED) is 0.617. The van der Waals surface area contributed by atoms with Crippen LogP contribution in [0.15, 0.2) is 24.3 Å². The van der Waals surface area contributed by atoms with Gasteiger partial charge in [-0.05, 0) is 55.5 Å². The van der Waals surface area contributed by atoms with E-state index in [1.165, 1.54) is 17.7 Å². The van der Waals surface area contributed by atoms with Crippen LogP contribution in [0.2, 0.25) is 0 Å². The van der Waals surface area contributed by atoms with Gasteiger partial charge >= 0.3 is 5.97 Å². The van der Waals surface area contributed by atoms with Crippen molar-refractivity contribution in [2.24, 2.45) is 0 Å². The fraction of sp³-hybridized carbons (Fsp3) is 0.438. The molecule has 0 N–H and O–H groups in total. The molecular weight excluding hydrogens is 238 g/mol. The number of fused-ring (bicyclic) bond motifs is 1. The van der Waals surface area contributed by atoms with E-state index in [1.807, 2.05) is 13.8 Å². The lowest BCUT2D eigenvalue weighted by Gasteiger charge is -2.27. The molecule has 1 heterocycles. The van der Waals surface area contributed by atoms with Gasteiger partial charge in [0.1, 0.15) is 0 Å². The van der Waals surface area contributed by atoms with Crippen molar-refractivity contribution < 1.29 is 9.53 Å². The summed E-state index contributed by atoms with van der Waals surface area (Å²) in [6, 6.07) is 6.41. The molecule has 1 aromatic carbocycles. The summed E-state index contributed by atoms with van der Waals surface area (Å²) < 4.78 is 4.94. The summed E-state index contributed by atoms with van der Waals surface area (Å²) in [6.07, 6.45) is 3.87. The maximum absolute atomic E-state index is 11.5. The summed E-state index contributed by atoms with van der Waals surface area (Å²) in [5.74, 6) is -0.269. The molecule has 1 aliphatic rings. The van der Waals surface area contributed by atoms with Crippen molar-refractivity contribution in [3.8, 4) is 0 Å². The van der Waals surface area contributed by atoms with Crippen molar-refractivity contribution in [3.63, 3.8) is 0 Å². The third-order valence-electron chi connectivity index (χ3n) is 3.51. The predicted molar refractivity (Wildman–Crippen MR) is 78.3 cm³/mol. The highest BCUT2D eigenvalue weighted by molar-refractivity contribution is 5.91. The first kappa shape index (κ1) is 13.7. The molecule has 2 rings (SSSR count). The van der Waals surface area contributed by atoms with E-state index < -0.39 is 0 Å². The molecule has 0 aliphatic carbocycles. The van der Waals surface area contributed by atoms with E-state index in [2.05, 4.69) is 30.1 Å². The molecule has 0 saturated carbocycles. The lowest BCUT2D eigenvalue weighted by molar-refractivity contribution is -0.137. The van der Waals surface area contributed by atoms with Gasteiger partial charge in [0.05, 0.1) is 6.61 Å². The number of anilines is 1. The second kappa shape index (κ2) is 5.91. The van der Waals surface area contributed by atoms with E-state index in [0.29, 0.717) is 6.61 Å². The van der Waals surface area contributed by atoms with E-state index in [4.69, 9.17) is 4.74 Å². The van der Waals surface area contributed by atoms with Gasteiger partial charge in [-0.15, -0.1) is 0 Å². The van der Waals surface area contributed by atoms with Gasteiger partial charge in [-0.1, -0.05) is 6.07 Å². The van der Waals surface area contributed by atoms with Gasteiger partial charge in [-0.25, -0.2) is 4.79 Å². The zero-order chi connectivity index (χ0) is 13.8. The Bertz CT molecular complexity index is 505. The minimum atomic E-state index is -0.269. The molecule has 0 radical (unpaired) electrons. The fourth-order valence-corrected chi connectivity index (χ4v) is 2.47. The zero-order valence-corrected chi connectivity index (χ0v) is 11.9. The average molecular weight is 259 g/mol. The monoisotopic (exact) mass is 259 g/mol. The number of carbonyl (C=O) groups is 1. The molecule has 1 aliphatic heterocycles. The predicted octanol–water partition coefficient (Wildman–Crippen LogP) is 3.04. The minimum absolute atomic E-state index is 0.269. The topological polar surface area (TPSA) is 29.5 Å². The first-order valence-electron chi connectivity index (χ1n) is 6.81. The molecule has 3 heteroatoms. The van der Waals surface area contributed by atoms with Crippen LogP contribution in [0.5, 0.6) is 0 Å². The number of aryl methyl sites for hydroxylation is 1. The Morgan fingerprint density at radius 3 is 3.00 bits per heavy atom. The lowest BCUT2D eigenvalue weighted by atomic mass is 9.97. The summed E-state index contributed by atoms with van der Waals surface area (Å²) >= 11 is 0. The fourth-order valence-electron chi connectivity index (χ4n) is 2.47. The number of allylic oxidation sites excluding steroid dienone is 1. The number of hydrogen-bond donors (Lipinski definition) is 0. The van der Waals surface area contributed by atoms with Crippen LogP contribution < -0.4 is 4.90 Å². The molecule has 0 amide bonds. The maximum atomic E-state index is 11.5. The second-order valence-electron chi connectivity index (χ2n) is 4.95. The molecule has 0 aromatic heterocycles. The van der Waals surface area contributed by atoms with Crippen LogP contribution in [0.3, 0.4) is 0 Å².